The fourth-order valence-electron chi connectivity index (χ4n) is 4.46. The molecule has 12 heteroatoms. The zero-order valence-electron chi connectivity index (χ0n) is 21.1. The van der Waals surface area contributed by atoms with Crippen LogP contribution in [0.15, 0.2) is 41.6 Å². The third-order valence-electron chi connectivity index (χ3n) is 6.41. The Morgan fingerprint density at radius 3 is 2.59 bits per heavy atom. The maximum Gasteiger partial charge on any atom is 0.404 e. The van der Waals surface area contributed by atoms with Crippen LogP contribution >= 0.6 is 11.3 Å². The van der Waals surface area contributed by atoms with Gasteiger partial charge in [0, 0.05) is 36.0 Å². The van der Waals surface area contributed by atoms with Gasteiger partial charge in [0.2, 0.25) is 10.0 Å². The number of nitrogens with zero attached hydrogens (tertiary/aromatic N) is 3. The summed E-state index contributed by atoms with van der Waals surface area (Å²) < 4.78 is 28.9. The first-order valence-corrected chi connectivity index (χ1v) is 14.6. The number of carbonyl (C=O) groups is 1. The van der Waals surface area contributed by atoms with Gasteiger partial charge in [-0.2, -0.15) is 5.10 Å². The molecule has 0 saturated heterocycles. The second-order valence-electron chi connectivity index (χ2n) is 9.43. The van der Waals surface area contributed by atoms with Crippen molar-refractivity contribution in [2.75, 3.05) is 11.9 Å². The van der Waals surface area contributed by atoms with Crippen molar-refractivity contribution in [3.63, 3.8) is 0 Å². The lowest BCUT2D eigenvalue weighted by molar-refractivity contribution is 0.185. The van der Waals surface area contributed by atoms with E-state index in [4.69, 9.17) is 5.11 Å². The van der Waals surface area contributed by atoms with Crippen LogP contribution in [-0.2, 0) is 10.0 Å². The Bertz CT molecular complexity index is 1350. The van der Waals surface area contributed by atoms with Crippen LogP contribution in [0.25, 0.3) is 10.4 Å². The molecule has 0 atom stereocenters. The Morgan fingerprint density at radius 2 is 1.92 bits per heavy atom. The number of anilines is 2. The maximum atomic E-state index is 13.2. The summed E-state index contributed by atoms with van der Waals surface area (Å²) in [5.74, 6) is 1.05. The Balaban J connectivity index is 1.61. The molecule has 2 aromatic heterocycles. The Morgan fingerprint density at radius 1 is 1.16 bits per heavy atom. The molecular formula is C25H32N6O4S2. The smallest absolute Gasteiger partial charge is 0.404 e. The Labute approximate surface area is 221 Å². The van der Waals surface area contributed by atoms with Gasteiger partial charge in [0.25, 0.3) is 0 Å². The van der Waals surface area contributed by atoms with E-state index >= 15 is 0 Å². The molecule has 4 rings (SSSR count). The van der Waals surface area contributed by atoms with Crippen molar-refractivity contribution in [2.24, 2.45) is 0 Å². The van der Waals surface area contributed by atoms with E-state index in [0.29, 0.717) is 17.1 Å². The molecule has 2 heterocycles. The fraction of sp³-hybridized carbons (Fsp3) is 0.440. The highest BCUT2D eigenvalue weighted by molar-refractivity contribution is 7.89. The number of rotatable bonds is 9. The molecule has 0 spiro atoms. The van der Waals surface area contributed by atoms with Gasteiger partial charge in [0.1, 0.15) is 0 Å². The van der Waals surface area contributed by atoms with E-state index in [-0.39, 0.29) is 29.3 Å². The molecule has 1 saturated carbocycles. The molecule has 0 radical (unpaired) electrons. The number of thiazole rings is 1. The van der Waals surface area contributed by atoms with Gasteiger partial charge in [-0.25, -0.2) is 22.9 Å². The van der Waals surface area contributed by atoms with Gasteiger partial charge < -0.3 is 15.7 Å². The van der Waals surface area contributed by atoms with E-state index in [9.17, 15) is 13.2 Å². The fourth-order valence-corrected chi connectivity index (χ4v) is 6.94. The second-order valence-corrected chi connectivity index (χ2v) is 12.2. The molecule has 0 aliphatic heterocycles. The van der Waals surface area contributed by atoms with E-state index in [0.717, 1.165) is 41.1 Å². The largest absolute Gasteiger partial charge is 0.465 e. The highest BCUT2D eigenvalue weighted by Gasteiger charge is 2.27. The van der Waals surface area contributed by atoms with Crippen molar-refractivity contribution in [2.45, 2.75) is 69.2 Å². The van der Waals surface area contributed by atoms with Crippen molar-refractivity contribution < 1.29 is 18.3 Å². The second kappa shape index (κ2) is 11.5. The van der Waals surface area contributed by atoms with Gasteiger partial charge in [0.15, 0.2) is 5.82 Å². The van der Waals surface area contributed by atoms with Crippen LogP contribution in [-0.4, -0.2) is 47.4 Å². The van der Waals surface area contributed by atoms with E-state index in [1.54, 1.807) is 31.5 Å². The van der Waals surface area contributed by atoms with Crippen LogP contribution in [0.1, 0.15) is 68.9 Å². The van der Waals surface area contributed by atoms with Crippen molar-refractivity contribution in [3.8, 4) is 10.4 Å². The summed E-state index contributed by atoms with van der Waals surface area (Å²) in [5.41, 5.74) is 2.20. The van der Waals surface area contributed by atoms with Gasteiger partial charge in [-0.05, 0) is 55.4 Å². The summed E-state index contributed by atoms with van der Waals surface area (Å²) in [5, 5.41) is 23.8. The van der Waals surface area contributed by atoms with E-state index in [1.807, 2.05) is 12.1 Å². The van der Waals surface area contributed by atoms with E-state index in [2.05, 4.69) is 44.4 Å². The number of carboxylic acid groups (broad SMARTS) is 1. The third-order valence-corrected chi connectivity index (χ3v) is 9.19. The van der Waals surface area contributed by atoms with Crippen LogP contribution < -0.4 is 15.4 Å². The average Bonchev–Trinajstić information content (AvgIpc) is 3.34. The molecule has 4 N–H and O–H groups in total. The van der Waals surface area contributed by atoms with Gasteiger partial charge in [-0.15, -0.1) is 16.4 Å². The molecule has 1 fully saturated rings. The molecule has 3 aromatic rings. The molecule has 0 unspecified atom stereocenters. The zero-order valence-corrected chi connectivity index (χ0v) is 22.7. The number of hydrogen-bond donors (Lipinski definition) is 4. The minimum atomic E-state index is -3.77. The minimum absolute atomic E-state index is 0.0315. The lowest BCUT2D eigenvalue weighted by Gasteiger charge is -2.27. The summed E-state index contributed by atoms with van der Waals surface area (Å²) in [6, 6.07) is 7.10. The lowest BCUT2D eigenvalue weighted by Crippen LogP contribution is -2.36. The summed E-state index contributed by atoms with van der Waals surface area (Å²) in [7, 11) is -3.77. The summed E-state index contributed by atoms with van der Waals surface area (Å²) >= 11 is 1.49. The van der Waals surface area contributed by atoms with Crippen LogP contribution in [0.4, 0.5) is 16.3 Å². The Hall–Kier alpha value is -3.09. The normalized spacial score (nSPS) is 18.1. The van der Waals surface area contributed by atoms with Gasteiger partial charge in [-0.1, -0.05) is 26.8 Å². The number of sulfonamides is 1. The first-order chi connectivity index (χ1) is 17.7. The standard InChI is InChI=1S/C25H32N6O4S2/c1-4-28-37(34,35)22-12-19(29-23-11-17(15(2)3)13-27-31-23)9-10-20(22)21-14-26-24(36-21)16-5-7-18(8-6-16)30-25(32)33/h9-16,18,28,30H,4-8H2,1-3H3,(H,29,31)(H,32,33). The molecule has 37 heavy (non-hydrogen) atoms. The highest BCUT2D eigenvalue weighted by atomic mass is 32.2. The van der Waals surface area contributed by atoms with Crippen LogP contribution in [0.2, 0.25) is 0 Å². The van der Waals surface area contributed by atoms with Crippen LogP contribution in [0, 0.1) is 0 Å². The summed E-state index contributed by atoms with van der Waals surface area (Å²) in [6.45, 7) is 6.15. The summed E-state index contributed by atoms with van der Waals surface area (Å²) in [4.78, 5) is 16.5. The molecule has 10 nitrogen and oxygen atoms in total. The van der Waals surface area contributed by atoms with Gasteiger partial charge >= 0.3 is 6.09 Å². The molecule has 1 amide bonds. The SMILES string of the molecule is CCNS(=O)(=O)c1cc(Nc2cc(C(C)C)cnn2)ccc1-c1cnc(C2CCC(NC(=O)O)CC2)s1. The predicted molar refractivity (Wildman–Crippen MR) is 144 cm³/mol. The topological polar surface area (TPSA) is 146 Å². The van der Waals surface area contributed by atoms with E-state index < -0.39 is 16.1 Å². The number of hydrogen-bond acceptors (Lipinski definition) is 8. The van der Waals surface area contributed by atoms with Crippen molar-refractivity contribution in [1.82, 2.24) is 25.2 Å². The molecule has 0 bridgehead atoms. The van der Waals surface area contributed by atoms with Crippen molar-refractivity contribution in [1.29, 1.82) is 0 Å². The summed E-state index contributed by atoms with van der Waals surface area (Å²) in [6.07, 6.45) is 5.63. The maximum absolute atomic E-state index is 13.2. The Kier molecular flexibility index (Phi) is 8.40. The highest BCUT2D eigenvalue weighted by Crippen LogP contribution is 2.40. The number of nitrogens with one attached hydrogen (secondary N) is 3. The lowest BCUT2D eigenvalue weighted by atomic mass is 9.86. The first kappa shape index (κ1) is 27.0. The monoisotopic (exact) mass is 544 g/mol. The average molecular weight is 545 g/mol. The zero-order chi connectivity index (χ0) is 26.6. The predicted octanol–water partition coefficient (Wildman–Crippen LogP) is 5.06. The number of benzene rings is 1. The quantitative estimate of drug-likeness (QED) is 0.292. The van der Waals surface area contributed by atoms with Crippen molar-refractivity contribution >= 4 is 39.0 Å². The molecular weight excluding hydrogens is 512 g/mol. The van der Waals surface area contributed by atoms with Crippen LogP contribution in [0.3, 0.4) is 0 Å². The van der Waals surface area contributed by atoms with Crippen LogP contribution in [0.5, 0.6) is 0 Å². The molecule has 1 aliphatic carbocycles. The van der Waals surface area contributed by atoms with Crippen molar-refractivity contribution in [3.05, 3.63) is 47.2 Å². The third kappa shape index (κ3) is 6.62. The minimum Gasteiger partial charge on any atom is -0.465 e. The molecule has 198 valence electrons. The number of amides is 1. The molecule has 1 aromatic carbocycles. The number of aromatic nitrogens is 3. The van der Waals surface area contributed by atoms with E-state index in [1.165, 1.54) is 11.3 Å². The van der Waals surface area contributed by atoms with Gasteiger partial charge in [0.05, 0.1) is 21.0 Å². The first-order valence-electron chi connectivity index (χ1n) is 12.3. The van der Waals surface area contributed by atoms with Gasteiger partial charge in [-0.3, -0.25) is 0 Å². The molecule has 1 aliphatic rings.